The molecule has 0 radical (unpaired) electrons. The summed E-state index contributed by atoms with van der Waals surface area (Å²) in [5.74, 6) is 0.522. The quantitative estimate of drug-likeness (QED) is 0.506. The van der Waals surface area contributed by atoms with Gasteiger partial charge in [0.2, 0.25) is 11.8 Å². The minimum absolute atomic E-state index is 0.0270. The number of rotatable bonds is 8. The van der Waals surface area contributed by atoms with Gasteiger partial charge in [-0.3, -0.25) is 4.79 Å². The lowest BCUT2D eigenvalue weighted by molar-refractivity contribution is -0.190. The summed E-state index contributed by atoms with van der Waals surface area (Å²) in [6.07, 6.45) is 0.817. The number of alkyl halides is 4. The summed E-state index contributed by atoms with van der Waals surface area (Å²) in [5.41, 5.74) is 1.21. The molecular formula is C27H35F4N5O2. The third-order valence-corrected chi connectivity index (χ3v) is 7.49. The molecule has 0 bridgehead atoms. The van der Waals surface area contributed by atoms with E-state index in [0.717, 1.165) is 30.3 Å². The highest BCUT2D eigenvalue weighted by atomic mass is 19.4. The van der Waals surface area contributed by atoms with Gasteiger partial charge in [-0.1, -0.05) is 6.07 Å². The number of pyridine rings is 1. The molecule has 11 heteroatoms. The van der Waals surface area contributed by atoms with Crippen LogP contribution in [0.15, 0.2) is 24.5 Å². The molecule has 0 spiro atoms. The van der Waals surface area contributed by atoms with Crippen LogP contribution in [0.3, 0.4) is 0 Å². The van der Waals surface area contributed by atoms with E-state index in [1.54, 1.807) is 25.4 Å². The minimum Gasteiger partial charge on any atom is -0.465 e. The zero-order chi connectivity index (χ0) is 27.3. The predicted octanol–water partition coefficient (Wildman–Crippen LogP) is 4.31. The van der Waals surface area contributed by atoms with Crippen molar-refractivity contribution in [2.45, 2.75) is 89.2 Å². The molecule has 7 nitrogen and oxygen atoms in total. The van der Waals surface area contributed by atoms with Crippen LogP contribution < -0.4 is 10.1 Å². The van der Waals surface area contributed by atoms with Crippen LogP contribution in [0.2, 0.25) is 0 Å². The summed E-state index contributed by atoms with van der Waals surface area (Å²) in [4.78, 5) is 27.1. The summed E-state index contributed by atoms with van der Waals surface area (Å²) in [5, 5.41) is 3.02. The lowest BCUT2D eigenvalue weighted by Gasteiger charge is -2.35. The Hall–Kier alpha value is -2.82. The van der Waals surface area contributed by atoms with E-state index in [4.69, 9.17) is 4.74 Å². The normalized spacial score (nSPS) is 23.3. The second-order valence-electron chi connectivity index (χ2n) is 10.5. The molecular weight excluding hydrogens is 502 g/mol. The van der Waals surface area contributed by atoms with Gasteiger partial charge in [-0.05, 0) is 63.5 Å². The molecule has 1 amide bonds. The van der Waals surface area contributed by atoms with Crippen LogP contribution >= 0.6 is 0 Å². The van der Waals surface area contributed by atoms with Crippen molar-refractivity contribution in [3.8, 4) is 5.88 Å². The number of carbonyl (C=O) groups excluding carboxylic acids is 1. The highest BCUT2D eigenvalue weighted by molar-refractivity contribution is 5.78. The lowest BCUT2D eigenvalue weighted by Crippen LogP contribution is -2.43. The van der Waals surface area contributed by atoms with Gasteiger partial charge in [0.1, 0.15) is 11.5 Å². The summed E-state index contributed by atoms with van der Waals surface area (Å²) < 4.78 is 59.0. The van der Waals surface area contributed by atoms with E-state index in [2.05, 4.69) is 25.2 Å². The topological polar surface area (TPSA) is 80.2 Å². The van der Waals surface area contributed by atoms with E-state index in [-0.39, 0.29) is 24.2 Å². The third-order valence-electron chi connectivity index (χ3n) is 7.49. The summed E-state index contributed by atoms with van der Waals surface area (Å²) in [7, 11) is 0. The molecule has 2 aliphatic rings. The first-order chi connectivity index (χ1) is 18.0. The Morgan fingerprint density at radius 3 is 2.55 bits per heavy atom. The van der Waals surface area contributed by atoms with Crippen molar-refractivity contribution >= 4 is 5.91 Å². The number of aryl methyl sites for hydroxylation is 1. The average Bonchev–Trinajstić information content (AvgIpc) is 3.07. The molecule has 1 saturated carbocycles. The third kappa shape index (κ3) is 7.85. The van der Waals surface area contributed by atoms with E-state index in [1.165, 1.54) is 6.07 Å². The number of hydrogen-bond acceptors (Lipinski definition) is 6. The van der Waals surface area contributed by atoms with Crippen LogP contribution in [0.5, 0.6) is 5.88 Å². The molecule has 0 aromatic carbocycles. The molecule has 0 saturated heterocycles. The van der Waals surface area contributed by atoms with Crippen molar-refractivity contribution < 1.29 is 27.1 Å². The number of nitrogens with zero attached hydrogens (tertiary/aromatic N) is 4. The van der Waals surface area contributed by atoms with Crippen molar-refractivity contribution in [3.63, 3.8) is 0 Å². The van der Waals surface area contributed by atoms with Crippen molar-refractivity contribution in [3.05, 3.63) is 47.2 Å². The van der Waals surface area contributed by atoms with Gasteiger partial charge in [-0.25, -0.2) is 19.3 Å². The van der Waals surface area contributed by atoms with Gasteiger partial charge in [0.25, 0.3) is 0 Å². The van der Waals surface area contributed by atoms with Crippen molar-refractivity contribution in [1.82, 2.24) is 25.2 Å². The lowest BCUT2D eigenvalue weighted by atomic mass is 9.81. The molecule has 1 aliphatic carbocycles. The molecule has 1 aliphatic heterocycles. The first-order valence-corrected chi connectivity index (χ1v) is 13.2. The maximum atomic E-state index is 15.6. The summed E-state index contributed by atoms with van der Waals surface area (Å²) >= 11 is 0. The molecule has 2 aromatic rings. The minimum atomic E-state index is -4.45. The zero-order valence-corrected chi connectivity index (χ0v) is 21.9. The van der Waals surface area contributed by atoms with Crippen LogP contribution in [0.1, 0.15) is 61.7 Å². The van der Waals surface area contributed by atoms with Crippen molar-refractivity contribution in [2.24, 2.45) is 0 Å². The van der Waals surface area contributed by atoms with E-state index in [1.807, 2.05) is 0 Å². The fourth-order valence-electron chi connectivity index (χ4n) is 5.01. The van der Waals surface area contributed by atoms with Gasteiger partial charge in [0, 0.05) is 56.3 Å². The Labute approximate surface area is 220 Å². The average molecular weight is 538 g/mol. The van der Waals surface area contributed by atoms with E-state index >= 15 is 4.39 Å². The van der Waals surface area contributed by atoms with Gasteiger partial charge >= 0.3 is 6.18 Å². The fraction of sp³-hybridized carbons (Fsp3) is 0.630. The van der Waals surface area contributed by atoms with Crippen LogP contribution in [-0.4, -0.2) is 69.4 Å². The zero-order valence-electron chi connectivity index (χ0n) is 21.9. The largest absolute Gasteiger partial charge is 0.465 e. The highest BCUT2D eigenvalue weighted by Crippen LogP contribution is 2.35. The molecule has 0 unspecified atom stereocenters. The SMILES string of the molecule is Cc1ncc(CC(=O)N[C@H]2CC[C@](F)(CCN3CCc4ccc(O[C@H](C)C(F)(F)F)nc4CC3)CC2)cn1. The molecule has 1 fully saturated rings. The molecule has 1 atom stereocenters. The summed E-state index contributed by atoms with van der Waals surface area (Å²) in [6.45, 7) is 4.75. The van der Waals surface area contributed by atoms with Gasteiger partial charge in [0.15, 0.2) is 6.10 Å². The van der Waals surface area contributed by atoms with Gasteiger partial charge in [-0.2, -0.15) is 13.2 Å². The van der Waals surface area contributed by atoms with E-state index < -0.39 is 17.9 Å². The van der Waals surface area contributed by atoms with E-state index in [0.29, 0.717) is 63.9 Å². The number of halogens is 4. The Morgan fingerprint density at radius 1 is 1.18 bits per heavy atom. The predicted molar refractivity (Wildman–Crippen MR) is 134 cm³/mol. The summed E-state index contributed by atoms with van der Waals surface area (Å²) in [6, 6.07) is 3.23. The van der Waals surface area contributed by atoms with Gasteiger partial charge in [-0.15, -0.1) is 0 Å². The first kappa shape index (κ1) is 28.2. The maximum absolute atomic E-state index is 15.6. The van der Waals surface area contributed by atoms with Crippen LogP contribution in [-0.2, 0) is 24.1 Å². The molecule has 38 heavy (non-hydrogen) atoms. The van der Waals surface area contributed by atoms with Crippen molar-refractivity contribution in [2.75, 3.05) is 19.6 Å². The molecule has 208 valence electrons. The molecule has 3 heterocycles. The Kier molecular flexibility index (Phi) is 8.85. The number of fused-ring (bicyclic) bond motifs is 1. The number of aromatic nitrogens is 3. The van der Waals surface area contributed by atoms with Crippen LogP contribution in [0, 0.1) is 6.92 Å². The number of nitrogens with one attached hydrogen (secondary N) is 1. The Balaban J connectivity index is 1.20. The smallest absolute Gasteiger partial charge is 0.425 e. The number of carbonyl (C=O) groups is 1. The highest BCUT2D eigenvalue weighted by Gasteiger charge is 2.38. The fourth-order valence-corrected chi connectivity index (χ4v) is 5.01. The Bertz CT molecular complexity index is 1090. The monoisotopic (exact) mass is 537 g/mol. The number of ether oxygens (including phenoxy) is 1. The second-order valence-corrected chi connectivity index (χ2v) is 10.5. The molecule has 4 rings (SSSR count). The van der Waals surface area contributed by atoms with Crippen LogP contribution in [0.4, 0.5) is 17.6 Å². The number of hydrogen-bond donors (Lipinski definition) is 1. The Morgan fingerprint density at radius 2 is 1.87 bits per heavy atom. The van der Waals surface area contributed by atoms with E-state index in [9.17, 15) is 18.0 Å². The van der Waals surface area contributed by atoms with Gasteiger partial charge < -0.3 is 15.0 Å². The van der Waals surface area contributed by atoms with Crippen molar-refractivity contribution in [1.29, 1.82) is 0 Å². The second kappa shape index (κ2) is 11.9. The van der Waals surface area contributed by atoms with Gasteiger partial charge in [0.05, 0.1) is 6.42 Å². The molecule has 2 aromatic heterocycles. The maximum Gasteiger partial charge on any atom is 0.425 e. The standard InChI is InChI=1S/C27H35F4N5O2/c1-18(27(29,30)31)38-25-4-3-21-7-12-36(13-8-23(21)35-25)14-11-26(28)9-5-22(6-10-26)34-24(37)15-20-16-32-19(2)33-17-20/h3-4,16-18,22H,5-15H2,1-2H3,(H,34,37)/t18-,22-,26+/m1/s1. The number of amides is 1. The molecule has 1 N–H and O–H groups in total. The van der Waals surface area contributed by atoms with Crippen LogP contribution in [0.25, 0.3) is 0 Å². The first-order valence-electron chi connectivity index (χ1n) is 13.2.